The van der Waals surface area contributed by atoms with Crippen molar-refractivity contribution in [2.45, 2.75) is 17.3 Å². The Morgan fingerprint density at radius 2 is 2.00 bits per heavy atom. The van der Waals surface area contributed by atoms with Crippen molar-refractivity contribution in [3.8, 4) is 0 Å². The molecule has 3 aromatic rings. The van der Waals surface area contributed by atoms with E-state index >= 15 is 0 Å². The maximum atomic E-state index is 12.8. The quantitative estimate of drug-likeness (QED) is 0.625. The first-order valence-corrected chi connectivity index (χ1v) is 9.24. The van der Waals surface area contributed by atoms with E-state index in [2.05, 4.69) is 4.98 Å². The third-order valence-corrected chi connectivity index (χ3v) is 5.53. The zero-order valence-corrected chi connectivity index (χ0v) is 16.2. The number of methoxy groups -OCH3 is 1. The van der Waals surface area contributed by atoms with Crippen LogP contribution >= 0.6 is 23.4 Å². The summed E-state index contributed by atoms with van der Waals surface area (Å²) < 4.78 is 7.75. The molecule has 2 aromatic heterocycles. The summed E-state index contributed by atoms with van der Waals surface area (Å²) in [4.78, 5) is 30.1. The summed E-state index contributed by atoms with van der Waals surface area (Å²) in [5, 5.41) is 1.09. The Labute approximate surface area is 159 Å². The van der Waals surface area contributed by atoms with E-state index in [0.29, 0.717) is 28.4 Å². The minimum absolute atomic E-state index is 0.326. The van der Waals surface area contributed by atoms with Crippen molar-refractivity contribution in [2.75, 3.05) is 7.11 Å². The average Bonchev–Trinajstić information content (AvgIpc) is 2.63. The van der Waals surface area contributed by atoms with E-state index in [1.807, 2.05) is 24.3 Å². The Morgan fingerprint density at radius 3 is 2.69 bits per heavy atom. The molecule has 3 rings (SSSR count). The number of pyridine rings is 1. The number of ether oxygens (including phenoxy) is 1. The van der Waals surface area contributed by atoms with Crippen LogP contribution in [0.15, 0.2) is 44.9 Å². The van der Waals surface area contributed by atoms with Gasteiger partial charge >= 0.3 is 5.69 Å². The number of nitrogens with zero attached hydrogens (tertiary/aromatic N) is 3. The SMILES string of the molecule is COCc1cnc2c(c1SCc1cccc(Cl)c1)c(=O)n(C)c(=O)n2C. The Bertz CT molecular complexity index is 1090. The molecule has 0 atom stereocenters. The van der Waals surface area contributed by atoms with Crippen LogP contribution in [0.4, 0.5) is 0 Å². The highest BCUT2D eigenvalue weighted by Crippen LogP contribution is 2.31. The zero-order chi connectivity index (χ0) is 18.8. The van der Waals surface area contributed by atoms with Crippen molar-refractivity contribution in [1.29, 1.82) is 0 Å². The maximum Gasteiger partial charge on any atom is 0.332 e. The molecule has 0 bridgehead atoms. The minimum atomic E-state index is -0.403. The van der Waals surface area contributed by atoms with E-state index in [-0.39, 0.29) is 5.56 Å². The summed E-state index contributed by atoms with van der Waals surface area (Å²) in [7, 11) is 4.67. The molecule has 0 aliphatic carbocycles. The molecule has 0 radical (unpaired) electrons. The summed E-state index contributed by atoms with van der Waals surface area (Å²) in [6, 6.07) is 7.58. The zero-order valence-electron chi connectivity index (χ0n) is 14.7. The third-order valence-electron chi connectivity index (χ3n) is 4.07. The van der Waals surface area contributed by atoms with Crippen molar-refractivity contribution >= 4 is 34.4 Å². The van der Waals surface area contributed by atoms with Gasteiger partial charge in [0.15, 0.2) is 0 Å². The van der Waals surface area contributed by atoms with Crippen LogP contribution in [0.5, 0.6) is 0 Å². The Morgan fingerprint density at radius 1 is 1.23 bits per heavy atom. The Kier molecular flexibility index (Phi) is 5.50. The number of fused-ring (bicyclic) bond motifs is 1. The summed E-state index contributed by atoms with van der Waals surface area (Å²) in [5.41, 5.74) is 1.45. The van der Waals surface area contributed by atoms with Gasteiger partial charge in [0.25, 0.3) is 5.56 Å². The molecule has 0 fully saturated rings. The van der Waals surface area contributed by atoms with Gasteiger partial charge in [-0.1, -0.05) is 23.7 Å². The lowest BCUT2D eigenvalue weighted by atomic mass is 10.2. The van der Waals surface area contributed by atoms with E-state index < -0.39 is 5.69 Å². The van der Waals surface area contributed by atoms with Crippen molar-refractivity contribution in [1.82, 2.24) is 14.1 Å². The van der Waals surface area contributed by atoms with E-state index in [1.165, 1.54) is 23.4 Å². The number of aryl methyl sites for hydroxylation is 1. The molecule has 1 aromatic carbocycles. The molecule has 8 heteroatoms. The lowest BCUT2D eigenvalue weighted by Gasteiger charge is -2.14. The monoisotopic (exact) mass is 391 g/mol. The smallest absolute Gasteiger partial charge is 0.332 e. The number of thioether (sulfide) groups is 1. The molecule has 0 amide bonds. The molecule has 136 valence electrons. The number of hydrogen-bond donors (Lipinski definition) is 0. The van der Waals surface area contributed by atoms with Crippen LogP contribution in [0.2, 0.25) is 5.02 Å². The number of aromatic nitrogens is 3. The molecular formula is C18H18ClN3O3S. The first-order valence-electron chi connectivity index (χ1n) is 7.87. The van der Waals surface area contributed by atoms with Gasteiger partial charge in [-0.25, -0.2) is 9.78 Å². The normalized spacial score (nSPS) is 11.2. The summed E-state index contributed by atoms with van der Waals surface area (Å²) in [6.45, 7) is 0.326. The number of benzene rings is 1. The van der Waals surface area contributed by atoms with E-state index in [4.69, 9.17) is 16.3 Å². The van der Waals surface area contributed by atoms with E-state index in [1.54, 1.807) is 20.4 Å². The summed E-state index contributed by atoms with van der Waals surface area (Å²) >= 11 is 7.56. The molecule has 0 aliphatic rings. The van der Waals surface area contributed by atoms with E-state index in [0.717, 1.165) is 20.6 Å². The Hall–Kier alpha value is -2.09. The fourth-order valence-corrected chi connectivity index (χ4v) is 4.07. The highest BCUT2D eigenvalue weighted by Gasteiger charge is 2.17. The number of rotatable bonds is 5. The van der Waals surface area contributed by atoms with Gasteiger partial charge in [-0.05, 0) is 17.7 Å². The van der Waals surface area contributed by atoms with Crippen molar-refractivity contribution < 1.29 is 4.74 Å². The second kappa shape index (κ2) is 7.65. The largest absolute Gasteiger partial charge is 0.380 e. The highest BCUT2D eigenvalue weighted by molar-refractivity contribution is 7.98. The first kappa shape index (κ1) is 18.7. The van der Waals surface area contributed by atoms with Gasteiger partial charge in [0.2, 0.25) is 0 Å². The standard InChI is InChI=1S/C18H18ClN3O3S/c1-21-16-14(17(23)22(2)18(21)24)15(12(8-20-16)9-25-3)26-10-11-5-4-6-13(19)7-11/h4-8H,9-10H2,1-3H3. The van der Waals surface area contributed by atoms with Crippen LogP contribution in [0.1, 0.15) is 11.1 Å². The minimum Gasteiger partial charge on any atom is -0.380 e. The van der Waals surface area contributed by atoms with Crippen molar-refractivity contribution in [3.63, 3.8) is 0 Å². The number of hydrogen-bond acceptors (Lipinski definition) is 5. The fraction of sp³-hybridized carbons (Fsp3) is 0.278. The molecule has 0 unspecified atom stereocenters. The van der Waals surface area contributed by atoms with Gasteiger partial charge in [-0.15, -0.1) is 11.8 Å². The molecule has 6 nitrogen and oxygen atoms in total. The van der Waals surface area contributed by atoms with Gasteiger partial charge in [-0.2, -0.15) is 0 Å². The van der Waals surface area contributed by atoms with E-state index in [9.17, 15) is 9.59 Å². The molecule has 0 N–H and O–H groups in total. The van der Waals surface area contributed by atoms with Crippen LogP contribution in [0.3, 0.4) is 0 Å². The molecule has 0 saturated carbocycles. The Balaban J connectivity index is 2.18. The van der Waals surface area contributed by atoms with Gasteiger partial charge in [0.05, 0.1) is 12.0 Å². The predicted molar refractivity (Wildman–Crippen MR) is 104 cm³/mol. The highest BCUT2D eigenvalue weighted by atomic mass is 35.5. The predicted octanol–water partition coefficient (Wildman–Crippen LogP) is 2.72. The molecule has 2 heterocycles. The topological polar surface area (TPSA) is 66.1 Å². The first-order chi connectivity index (χ1) is 12.4. The average molecular weight is 392 g/mol. The van der Waals surface area contributed by atoms with Crippen molar-refractivity contribution in [3.05, 3.63) is 67.4 Å². The van der Waals surface area contributed by atoms with Gasteiger partial charge < -0.3 is 4.74 Å². The van der Waals surface area contributed by atoms with Crippen LogP contribution in [-0.2, 0) is 31.2 Å². The van der Waals surface area contributed by atoms with Crippen LogP contribution in [-0.4, -0.2) is 21.2 Å². The second-order valence-electron chi connectivity index (χ2n) is 5.87. The molecular weight excluding hydrogens is 374 g/mol. The maximum absolute atomic E-state index is 12.8. The van der Waals surface area contributed by atoms with Crippen LogP contribution < -0.4 is 11.2 Å². The van der Waals surface area contributed by atoms with Crippen LogP contribution in [0, 0.1) is 0 Å². The number of halogens is 1. The second-order valence-corrected chi connectivity index (χ2v) is 7.29. The molecule has 26 heavy (non-hydrogen) atoms. The lowest BCUT2D eigenvalue weighted by molar-refractivity contribution is 0.183. The summed E-state index contributed by atoms with van der Waals surface area (Å²) in [6.07, 6.45) is 1.66. The third kappa shape index (κ3) is 3.42. The van der Waals surface area contributed by atoms with Crippen molar-refractivity contribution in [2.24, 2.45) is 14.1 Å². The molecule has 0 aliphatic heterocycles. The fourth-order valence-electron chi connectivity index (χ4n) is 2.75. The molecule has 0 spiro atoms. The molecule has 0 saturated heterocycles. The lowest BCUT2D eigenvalue weighted by Crippen LogP contribution is -2.37. The summed E-state index contributed by atoms with van der Waals surface area (Å²) in [5.74, 6) is 0.627. The van der Waals surface area contributed by atoms with Gasteiger partial charge in [0.1, 0.15) is 5.65 Å². The van der Waals surface area contributed by atoms with Crippen LogP contribution in [0.25, 0.3) is 11.0 Å². The van der Waals surface area contributed by atoms with Gasteiger partial charge in [-0.3, -0.25) is 13.9 Å². The van der Waals surface area contributed by atoms with Gasteiger partial charge in [0, 0.05) is 48.6 Å².